The molecule has 6 nitrogen and oxygen atoms in total. The van der Waals surface area contributed by atoms with Crippen LogP contribution in [0.15, 0.2) is 29.1 Å². The number of aryl methyl sites for hydroxylation is 1. The molecule has 2 aliphatic rings. The largest absolute Gasteiger partial charge is 0.387 e. The highest BCUT2D eigenvalue weighted by Gasteiger charge is 2.52. The van der Waals surface area contributed by atoms with Crippen LogP contribution in [-0.4, -0.2) is 57.1 Å². The van der Waals surface area contributed by atoms with E-state index in [2.05, 4.69) is 9.88 Å². The van der Waals surface area contributed by atoms with E-state index in [0.29, 0.717) is 32.4 Å². The molecule has 2 atom stereocenters. The van der Waals surface area contributed by atoms with E-state index in [1.54, 1.807) is 6.92 Å². The first-order valence-electron chi connectivity index (χ1n) is 9.68. The molecule has 3 heterocycles. The Hall–Kier alpha value is -1.73. The fourth-order valence-corrected chi connectivity index (χ4v) is 4.47. The second kappa shape index (κ2) is 6.71. The summed E-state index contributed by atoms with van der Waals surface area (Å²) in [6, 6.07) is 8.03. The number of likely N-dealkylation sites (tertiary alicyclic amines) is 1. The molecule has 27 heavy (non-hydrogen) atoms. The molecule has 1 aromatic heterocycles. The number of H-pyrrole nitrogens is 1. The zero-order valence-corrected chi connectivity index (χ0v) is 16.0. The molecule has 2 aliphatic heterocycles. The van der Waals surface area contributed by atoms with Crippen molar-refractivity contribution in [2.24, 2.45) is 0 Å². The number of nitrogens with zero attached hydrogens (tertiary/aromatic N) is 1. The molecule has 1 aromatic carbocycles. The molecule has 2 aromatic rings. The summed E-state index contributed by atoms with van der Waals surface area (Å²) in [7, 11) is 0. The molecular weight excluding hydrogens is 344 g/mol. The van der Waals surface area contributed by atoms with Gasteiger partial charge in [-0.1, -0.05) is 12.1 Å². The Morgan fingerprint density at radius 1 is 1.26 bits per heavy atom. The first kappa shape index (κ1) is 18.6. The highest BCUT2D eigenvalue weighted by atomic mass is 16.5. The van der Waals surface area contributed by atoms with E-state index in [4.69, 9.17) is 4.74 Å². The van der Waals surface area contributed by atoms with Gasteiger partial charge in [0, 0.05) is 37.1 Å². The molecule has 1 spiro atoms. The number of rotatable bonds is 2. The maximum absolute atomic E-state index is 12.5. The van der Waals surface area contributed by atoms with Crippen LogP contribution >= 0.6 is 0 Å². The molecule has 2 fully saturated rings. The normalized spacial score (nSPS) is 28.7. The second-order valence-electron chi connectivity index (χ2n) is 8.41. The van der Waals surface area contributed by atoms with Crippen LogP contribution in [0.3, 0.4) is 0 Å². The summed E-state index contributed by atoms with van der Waals surface area (Å²) in [5.41, 5.74) is 0.903. The fourth-order valence-electron chi connectivity index (χ4n) is 4.47. The van der Waals surface area contributed by atoms with Crippen molar-refractivity contribution >= 4 is 10.9 Å². The van der Waals surface area contributed by atoms with Gasteiger partial charge in [-0.3, -0.25) is 9.69 Å². The lowest BCUT2D eigenvalue weighted by Gasteiger charge is -2.51. The lowest BCUT2D eigenvalue weighted by atomic mass is 9.75. The average molecular weight is 372 g/mol. The Morgan fingerprint density at radius 3 is 2.74 bits per heavy atom. The third kappa shape index (κ3) is 3.43. The number of aliphatic hydroxyl groups is 2. The molecule has 0 bridgehead atoms. The summed E-state index contributed by atoms with van der Waals surface area (Å²) >= 11 is 0. The van der Waals surface area contributed by atoms with E-state index >= 15 is 0 Å². The minimum atomic E-state index is -1.10. The van der Waals surface area contributed by atoms with Crippen molar-refractivity contribution in [3.05, 3.63) is 45.7 Å². The number of pyridine rings is 1. The molecule has 0 radical (unpaired) electrons. The first-order valence-corrected chi connectivity index (χ1v) is 9.68. The predicted octanol–water partition coefficient (Wildman–Crippen LogP) is 1.70. The smallest absolute Gasteiger partial charge is 0.252 e. The Balaban J connectivity index is 1.48. The molecule has 4 rings (SSSR count). The standard InChI is InChI=1S/C21H28N2O4/c1-14-3-4-15-12-16(18(24)22-17(15)11-14)13-23-8-5-21(6-9-23)19(25)20(2,26)7-10-27-21/h3-4,11-12,19,25-26H,5-10,13H2,1-2H3,(H,22,24)/t19-,20+/m0/s1. The molecule has 146 valence electrons. The number of aromatic nitrogens is 1. The summed E-state index contributed by atoms with van der Waals surface area (Å²) in [6.07, 6.45) is 0.864. The van der Waals surface area contributed by atoms with Gasteiger partial charge in [-0.25, -0.2) is 0 Å². The van der Waals surface area contributed by atoms with Crippen molar-refractivity contribution in [3.8, 4) is 0 Å². The summed E-state index contributed by atoms with van der Waals surface area (Å²) in [6.45, 7) is 6.17. The number of piperidine rings is 1. The fraction of sp³-hybridized carbons (Fsp3) is 0.571. The molecule has 3 N–H and O–H groups in total. The number of hydrogen-bond acceptors (Lipinski definition) is 5. The maximum atomic E-state index is 12.5. The first-order chi connectivity index (χ1) is 12.8. The summed E-state index contributed by atoms with van der Waals surface area (Å²) in [5, 5.41) is 22.1. The highest BCUT2D eigenvalue weighted by Crippen LogP contribution is 2.39. The number of nitrogens with one attached hydrogen (secondary N) is 1. The Kier molecular flexibility index (Phi) is 4.63. The predicted molar refractivity (Wildman–Crippen MR) is 104 cm³/mol. The Bertz CT molecular complexity index is 897. The van der Waals surface area contributed by atoms with Crippen molar-refractivity contribution < 1.29 is 14.9 Å². The van der Waals surface area contributed by atoms with Gasteiger partial charge in [0.05, 0.1) is 17.8 Å². The molecule has 0 unspecified atom stereocenters. The van der Waals surface area contributed by atoms with E-state index in [1.807, 2.05) is 31.2 Å². The van der Waals surface area contributed by atoms with E-state index in [0.717, 1.165) is 35.1 Å². The molecule has 0 amide bonds. The number of aromatic amines is 1. The van der Waals surface area contributed by atoms with Gasteiger partial charge in [-0.15, -0.1) is 0 Å². The van der Waals surface area contributed by atoms with Crippen LogP contribution in [0.4, 0.5) is 0 Å². The number of hydrogen-bond donors (Lipinski definition) is 3. The topological polar surface area (TPSA) is 85.8 Å². The van der Waals surface area contributed by atoms with Crippen LogP contribution in [0, 0.1) is 6.92 Å². The lowest BCUT2D eigenvalue weighted by Crippen LogP contribution is -2.64. The van der Waals surface area contributed by atoms with Crippen molar-refractivity contribution in [2.45, 2.75) is 57.0 Å². The van der Waals surface area contributed by atoms with Gasteiger partial charge >= 0.3 is 0 Å². The van der Waals surface area contributed by atoms with Gasteiger partial charge in [-0.05, 0) is 49.8 Å². The van der Waals surface area contributed by atoms with E-state index in [1.165, 1.54) is 0 Å². The van der Waals surface area contributed by atoms with Crippen LogP contribution < -0.4 is 5.56 Å². The van der Waals surface area contributed by atoms with Crippen LogP contribution in [-0.2, 0) is 11.3 Å². The average Bonchev–Trinajstić information content (AvgIpc) is 2.62. The van der Waals surface area contributed by atoms with E-state index < -0.39 is 17.3 Å². The Labute approximate surface area is 158 Å². The van der Waals surface area contributed by atoms with Gasteiger partial charge < -0.3 is 19.9 Å². The molecule has 0 aliphatic carbocycles. The quantitative estimate of drug-likeness (QED) is 0.747. The molecule has 6 heteroatoms. The maximum Gasteiger partial charge on any atom is 0.252 e. The summed E-state index contributed by atoms with van der Waals surface area (Å²) in [4.78, 5) is 17.7. The van der Waals surface area contributed by atoms with Gasteiger partial charge in [-0.2, -0.15) is 0 Å². The van der Waals surface area contributed by atoms with Gasteiger partial charge in [0.25, 0.3) is 5.56 Å². The third-order valence-electron chi connectivity index (χ3n) is 6.26. The van der Waals surface area contributed by atoms with Crippen molar-refractivity contribution in [1.82, 2.24) is 9.88 Å². The van der Waals surface area contributed by atoms with Crippen molar-refractivity contribution in [2.75, 3.05) is 19.7 Å². The van der Waals surface area contributed by atoms with Crippen LogP contribution in [0.2, 0.25) is 0 Å². The zero-order valence-electron chi connectivity index (χ0n) is 16.0. The van der Waals surface area contributed by atoms with Gasteiger partial charge in [0.2, 0.25) is 0 Å². The minimum absolute atomic E-state index is 0.0507. The van der Waals surface area contributed by atoms with E-state index in [9.17, 15) is 15.0 Å². The van der Waals surface area contributed by atoms with Gasteiger partial charge in [0.1, 0.15) is 6.10 Å². The van der Waals surface area contributed by atoms with E-state index in [-0.39, 0.29) is 5.56 Å². The number of fused-ring (bicyclic) bond motifs is 1. The lowest BCUT2D eigenvalue weighted by molar-refractivity contribution is -0.246. The third-order valence-corrected chi connectivity index (χ3v) is 6.26. The van der Waals surface area contributed by atoms with Crippen LogP contribution in [0.1, 0.15) is 37.3 Å². The highest BCUT2D eigenvalue weighted by molar-refractivity contribution is 5.79. The van der Waals surface area contributed by atoms with Crippen LogP contribution in [0.5, 0.6) is 0 Å². The number of aliphatic hydroxyl groups excluding tert-OH is 1. The SMILES string of the molecule is Cc1ccc2cc(CN3CCC4(CC3)OCC[C@@](C)(O)[C@@H]4O)c(=O)[nH]c2c1. The Morgan fingerprint density at radius 2 is 2.00 bits per heavy atom. The number of ether oxygens (including phenoxy) is 1. The molecule has 2 saturated heterocycles. The molecular formula is C21H28N2O4. The molecule has 0 saturated carbocycles. The monoisotopic (exact) mass is 372 g/mol. The van der Waals surface area contributed by atoms with Crippen LogP contribution in [0.25, 0.3) is 10.9 Å². The van der Waals surface area contributed by atoms with Crippen molar-refractivity contribution in [3.63, 3.8) is 0 Å². The minimum Gasteiger partial charge on any atom is -0.387 e. The van der Waals surface area contributed by atoms with Gasteiger partial charge in [0.15, 0.2) is 0 Å². The second-order valence-corrected chi connectivity index (χ2v) is 8.41. The zero-order chi connectivity index (χ0) is 19.2. The summed E-state index contributed by atoms with van der Waals surface area (Å²) in [5.74, 6) is 0. The summed E-state index contributed by atoms with van der Waals surface area (Å²) < 4.78 is 5.94. The number of benzene rings is 1. The van der Waals surface area contributed by atoms with Crippen molar-refractivity contribution in [1.29, 1.82) is 0 Å².